The molecule has 7 heteroatoms. The molecule has 1 aromatic carbocycles. The molecule has 0 unspecified atom stereocenters. The second-order valence-corrected chi connectivity index (χ2v) is 6.39. The van der Waals surface area contributed by atoms with Gasteiger partial charge in [-0.1, -0.05) is 12.1 Å². The third-order valence-electron chi connectivity index (χ3n) is 2.68. The van der Waals surface area contributed by atoms with Crippen LogP contribution in [0.5, 0.6) is 0 Å². The summed E-state index contributed by atoms with van der Waals surface area (Å²) in [6, 6.07) is 5.72. The van der Waals surface area contributed by atoms with Gasteiger partial charge in [0, 0.05) is 5.56 Å². The summed E-state index contributed by atoms with van der Waals surface area (Å²) in [6.07, 6.45) is -0.238. The Morgan fingerprint density at radius 1 is 1.25 bits per heavy atom. The largest absolute Gasteiger partial charge is 0.461 e. The molecule has 0 spiro atoms. The van der Waals surface area contributed by atoms with E-state index < -0.39 is 22.0 Å². The van der Waals surface area contributed by atoms with Crippen LogP contribution in [-0.2, 0) is 19.6 Å². The minimum Gasteiger partial charge on any atom is -0.461 e. The normalized spacial score (nSPS) is 19.5. The number of hydrogen-bond acceptors (Lipinski definition) is 5. The summed E-state index contributed by atoms with van der Waals surface area (Å²) in [5.74, 6) is -0.315. The van der Waals surface area contributed by atoms with Crippen molar-refractivity contribution in [2.75, 3.05) is 0 Å². The molecule has 108 valence electrons. The summed E-state index contributed by atoms with van der Waals surface area (Å²) < 4.78 is 31.2. The molecule has 0 bridgehead atoms. The summed E-state index contributed by atoms with van der Waals surface area (Å²) in [7, 11) is -3.58. The van der Waals surface area contributed by atoms with Crippen molar-refractivity contribution in [3.05, 3.63) is 29.8 Å². The van der Waals surface area contributed by atoms with E-state index in [9.17, 15) is 13.2 Å². The molecule has 0 amide bonds. The van der Waals surface area contributed by atoms with Gasteiger partial charge in [-0.15, -0.1) is 0 Å². The minimum atomic E-state index is -3.58. The van der Waals surface area contributed by atoms with Crippen LogP contribution in [-0.4, -0.2) is 32.4 Å². The van der Waals surface area contributed by atoms with Crippen molar-refractivity contribution in [3.63, 3.8) is 0 Å². The molecule has 0 saturated carbocycles. The highest BCUT2D eigenvalue weighted by molar-refractivity contribution is 7.90. The van der Waals surface area contributed by atoms with Gasteiger partial charge in [0.1, 0.15) is 11.9 Å². The molecule has 1 aliphatic rings. The maximum Gasteiger partial charge on any atom is 0.330 e. The monoisotopic (exact) mass is 296 g/mol. The number of carbonyl (C=O) groups is 1. The molecule has 1 aromatic rings. The number of sulfonamides is 1. The van der Waals surface area contributed by atoms with Crippen LogP contribution in [0.1, 0.15) is 26.3 Å². The number of nitrogens with zero attached hydrogens (tertiary/aromatic N) is 1. The zero-order chi connectivity index (χ0) is 14.9. The van der Waals surface area contributed by atoms with Gasteiger partial charge in [0.05, 0.1) is 11.0 Å². The van der Waals surface area contributed by atoms with Crippen molar-refractivity contribution >= 4 is 21.8 Å². The fourth-order valence-electron chi connectivity index (χ4n) is 1.81. The van der Waals surface area contributed by atoms with Crippen LogP contribution in [0.15, 0.2) is 34.2 Å². The SMILES string of the molecule is CC(C)OC(=O)[C@H](C)N=C1NS(=O)(=O)c2ccccc21. The van der Waals surface area contributed by atoms with Crippen LogP contribution in [0.4, 0.5) is 0 Å². The summed E-state index contributed by atoms with van der Waals surface area (Å²) in [5.41, 5.74) is 0.469. The van der Waals surface area contributed by atoms with Crippen LogP contribution < -0.4 is 4.72 Å². The van der Waals surface area contributed by atoms with Gasteiger partial charge in [0.2, 0.25) is 0 Å². The van der Waals surface area contributed by atoms with E-state index in [2.05, 4.69) is 9.71 Å². The lowest BCUT2D eigenvalue weighted by Gasteiger charge is -2.11. The number of esters is 1. The van der Waals surface area contributed by atoms with Gasteiger partial charge < -0.3 is 4.74 Å². The van der Waals surface area contributed by atoms with Crippen LogP contribution in [0.3, 0.4) is 0 Å². The zero-order valence-electron chi connectivity index (χ0n) is 11.5. The van der Waals surface area contributed by atoms with E-state index in [1.165, 1.54) is 6.07 Å². The average Bonchev–Trinajstić information content (AvgIpc) is 2.61. The van der Waals surface area contributed by atoms with Crippen molar-refractivity contribution in [3.8, 4) is 0 Å². The maximum absolute atomic E-state index is 11.9. The smallest absolute Gasteiger partial charge is 0.330 e. The number of carbonyl (C=O) groups excluding carboxylic acids is 1. The average molecular weight is 296 g/mol. The van der Waals surface area contributed by atoms with Crippen LogP contribution in [0, 0.1) is 0 Å². The van der Waals surface area contributed by atoms with Crippen LogP contribution in [0.25, 0.3) is 0 Å². The first kappa shape index (κ1) is 14.5. The van der Waals surface area contributed by atoms with E-state index >= 15 is 0 Å². The molecular formula is C13H16N2O4S. The highest BCUT2D eigenvalue weighted by Gasteiger charge is 2.31. The molecule has 1 heterocycles. The topological polar surface area (TPSA) is 84.8 Å². The van der Waals surface area contributed by atoms with Crippen LogP contribution in [0.2, 0.25) is 0 Å². The quantitative estimate of drug-likeness (QED) is 0.845. The van der Waals surface area contributed by atoms with Gasteiger partial charge in [-0.25, -0.2) is 13.2 Å². The second kappa shape index (κ2) is 5.24. The fourth-order valence-corrected chi connectivity index (χ4v) is 3.05. The lowest BCUT2D eigenvalue weighted by molar-refractivity contribution is -0.148. The van der Waals surface area contributed by atoms with Crippen molar-refractivity contribution in [1.82, 2.24) is 4.72 Å². The lowest BCUT2D eigenvalue weighted by Crippen LogP contribution is -2.27. The Labute approximate surface area is 117 Å². The Morgan fingerprint density at radius 3 is 2.55 bits per heavy atom. The van der Waals surface area contributed by atoms with E-state index in [0.717, 1.165) is 0 Å². The predicted molar refractivity (Wildman–Crippen MR) is 74.0 cm³/mol. The van der Waals surface area contributed by atoms with E-state index in [1.807, 2.05) is 0 Å². The molecule has 6 nitrogen and oxygen atoms in total. The molecular weight excluding hydrogens is 280 g/mol. The van der Waals surface area contributed by atoms with Crippen molar-refractivity contribution in [2.45, 2.75) is 37.8 Å². The molecule has 1 atom stereocenters. The Bertz CT molecular complexity index is 665. The summed E-state index contributed by atoms with van der Waals surface area (Å²) in [5, 5.41) is 0. The van der Waals surface area contributed by atoms with Crippen molar-refractivity contribution < 1.29 is 17.9 Å². The number of benzene rings is 1. The third kappa shape index (κ3) is 2.82. The molecule has 2 rings (SSSR count). The standard InChI is InChI=1S/C13H16N2O4S/c1-8(2)19-13(16)9(3)14-12-10-6-4-5-7-11(10)20(17,18)15-12/h4-9H,1-3H3,(H,14,15)/t9-/m0/s1. The second-order valence-electron chi connectivity index (χ2n) is 4.74. The number of ether oxygens (including phenoxy) is 1. The number of hydrogen-bond donors (Lipinski definition) is 1. The number of fused-ring (bicyclic) bond motifs is 1. The highest BCUT2D eigenvalue weighted by atomic mass is 32.2. The van der Waals surface area contributed by atoms with E-state index in [4.69, 9.17) is 4.74 Å². The number of amidine groups is 1. The summed E-state index contributed by atoms with van der Waals surface area (Å²) >= 11 is 0. The van der Waals surface area contributed by atoms with Gasteiger partial charge >= 0.3 is 5.97 Å². The molecule has 1 N–H and O–H groups in total. The van der Waals surface area contributed by atoms with Crippen molar-refractivity contribution in [2.24, 2.45) is 4.99 Å². The molecule has 20 heavy (non-hydrogen) atoms. The van der Waals surface area contributed by atoms with Gasteiger partial charge in [-0.3, -0.25) is 9.71 Å². The molecule has 0 fully saturated rings. The lowest BCUT2D eigenvalue weighted by atomic mass is 10.2. The third-order valence-corrected chi connectivity index (χ3v) is 4.08. The van der Waals surface area contributed by atoms with Crippen molar-refractivity contribution in [1.29, 1.82) is 0 Å². The van der Waals surface area contributed by atoms with E-state index in [-0.39, 0.29) is 16.8 Å². The fraction of sp³-hybridized carbons (Fsp3) is 0.385. The number of aliphatic imine (C=N–C) groups is 1. The van der Waals surface area contributed by atoms with Gasteiger partial charge in [0.15, 0.2) is 0 Å². The van der Waals surface area contributed by atoms with Crippen LogP contribution >= 0.6 is 0 Å². The Balaban J connectivity index is 2.31. The highest BCUT2D eigenvalue weighted by Crippen LogP contribution is 2.22. The Kier molecular flexibility index (Phi) is 3.80. The van der Waals surface area contributed by atoms with Gasteiger partial charge in [0.25, 0.3) is 10.0 Å². The zero-order valence-corrected chi connectivity index (χ0v) is 12.3. The minimum absolute atomic E-state index is 0.170. The first-order valence-corrected chi connectivity index (χ1v) is 7.70. The Morgan fingerprint density at radius 2 is 1.90 bits per heavy atom. The van der Waals surface area contributed by atoms with Gasteiger partial charge in [-0.2, -0.15) is 0 Å². The molecule has 0 aliphatic carbocycles. The van der Waals surface area contributed by atoms with Gasteiger partial charge in [-0.05, 0) is 32.9 Å². The Hall–Kier alpha value is -1.89. The summed E-state index contributed by atoms with van der Waals surface area (Å²) in [6.45, 7) is 5.05. The van der Waals surface area contributed by atoms with E-state index in [0.29, 0.717) is 5.56 Å². The predicted octanol–water partition coefficient (Wildman–Crippen LogP) is 1.07. The molecule has 0 radical (unpaired) electrons. The van der Waals surface area contributed by atoms with E-state index in [1.54, 1.807) is 39.0 Å². The molecule has 0 saturated heterocycles. The number of rotatable bonds is 3. The first-order chi connectivity index (χ1) is 9.31. The maximum atomic E-state index is 11.9. The molecule has 1 aliphatic heterocycles. The number of nitrogens with one attached hydrogen (secondary N) is 1. The summed E-state index contributed by atoms with van der Waals surface area (Å²) in [4.78, 5) is 16.0. The first-order valence-electron chi connectivity index (χ1n) is 6.22. The molecule has 0 aromatic heterocycles.